The van der Waals surface area contributed by atoms with Crippen LogP contribution in [-0.2, 0) is 4.74 Å². The van der Waals surface area contributed by atoms with E-state index in [0.717, 1.165) is 26.1 Å². The quantitative estimate of drug-likeness (QED) is 0.607. The van der Waals surface area contributed by atoms with E-state index in [2.05, 4.69) is 15.3 Å². The number of nitrogens with zero attached hydrogens (tertiary/aromatic N) is 3. The zero-order valence-corrected chi connectivity index (χ0v) is 17.6. The molecule has 0 saturated carbocycles. The first kappa shape index (κ1) is 21.4. The van der Waals surface area contributed by atoms with E-state index in [1.807, 2.05) is 0 Å². The van der Waals surface area contributed by atoms with Crippen molar-refractivity contribution in [3.8, 4) is 11.3 Å². The first-order valence-electron chi connectivity index (χ1n) is 10.1. The Hall–Kier alpha value is -2.81. The summed E-state index contributed by atoms with van der Waals surface area (Å²) in [5.74, 6) is -0.0297. The predicted molar refractivity (Wildman–Crippen MR) is 118 cm³/mol. The van der Waals surface area contributed by atoms with Crippen molar-refractivity contribution in [2.24, 2.45) is 5.73 Å². The molecule has 162 valence electrons. The molecule has 1 fully saturated rings. The van der Waals surface area contributed by atoms with Crippen LogP contribution in [-0.4, -0.2) is 40.3 Å². The van der Waals surface area contributed by atoms with E-state index in [4.69, 9.17) is 22.1 Å². The monoisotopic (exact) mass is 443 g/mol. The SMILES string of the molecule is NCC(c1ccc(Cl)c(F)c1)n1ccc(-c2ccnc(NC3CCOCC3)n2)cc1=O. The fourth-order valence-electron chi connectivity index (χ4n) is 3.65. The van der Waals surface area contributed by atoms with Crippen LogP contribution in [0.25, 0.3) is 11.3 Å². The van der Waals surface area contributed by atoms with Crippen LogP contribution >= 0.6 is 11.6 Å². The number of hydrogen-bond donors (Lipinski definition) is 2. The summed E-state index contributed by atoms with van der Waals surface area (Å²) in [6.07, 6.45) is 5.11. The predicted octanol–water partition coefficient (Wildman–Crippen LogP) is 3.24. The number of nitrogens with one attached hydrogen (secondary N) is 1. The van der Waals surface area contributed by atoms with Crippen molar-refractivity contribution >= 4 is 17.5 Å². The average Bonchev–Trinajstić information content (AvgIpc) is 2.78. The van der Waals surface area contributed by atoms with Gasteiger partial charge < -0.3 is 20.4 Å². The topological polar surface area (TPSA) is 95.1 Å². The summed E-state index contributed by atoms with van der Waals surface area (Å²) in [5, 5.41) is 3.35. The number of benzene rings is 1. The van der Waals surface area contributed by atoms with Gasteiger partial charge in [-0.15, -0.1) is 0 Å². The van der Waals surface area contributed by atoms with Crippen molar-refractivity contribution in [3.63, 3.8) is 0 Å². The molecule has 3 heterocycles. The van der Waals surface area contributed by atoms with E-state index in [1.54, 1.807) is 30.6 Å². The van der Waals surface area contributed by atoms with Crippen molar-refractivity contribution < 1.29 is 9.13 Å². The first-order chi connectivity index (χ1) is 15.0. The van der Waals surface area contributed by atoms with Crippen LogP contribution in [0.15, 0.2) is 53.6 Å². The van der Waals surface area contributed by atoms with Gasteiger partial charge in [-0.2, -0.15) is 0 Å². The molecule has 31 heavy (non-hydrogen) atoms. The molecule has 0 bridgehead atoms. The highest BCUT2D eigenvalue weighted by Gasteiger charge is 2.17. The van der Waals surface area contributed by atoms with E-state index < -0.39 is 11.9 Å². The number of nitrogens with two attached hydrogens (primary N) is 1. The molecule has 1 aromatic carbocycles. The molecule has 1 aliphatic rings. The summed E-state index contributed by atoms with van der Waals surface area (Å²) in [6, 6.07) is 9.23. The second-order valence-electron chi connectivity index (χ2n) is 7.38. The number of pyridine rings is 1. The lowest BCUT2D eigenvalue weighted by atomic mass is 10.1. The number of halogens is 2. The molecule has 1 atom stereocenters. The third kappa shape index (κ3) is 4.92. The van der Waals surface area contributed by atoms with Crippen LogP contribution in [0, 0.1) is 5.82 Å². The van der Waals surface area contributed by atoms with Gasteiger partial charge in [0.2, 0.25) is 5.95 Å². The summed E-state index contributed by atoms with van der Waals surface area (Å²) >= 11 is 5.77. The van der Waals surface area contributed by atoms with E-state index in [9.17, 15) is 9.18 Å². The normalized spacial score (nSPS) is 15.6. The Labute approximate surface area is 184 Å². The van der Waals surface area contributed by atoms with Crippen LogP contribution in [0.5, 0.6) is 0 Å². The van der Waals surface area contributed by atoms with Gasteiger partial charge in [0.15, 0.2) is 0 Å². The number of anilines is 1. The van der Waals surface area contributed by atoms with Gasteiger partial charge in [0, 0.05) is 49.8 Å². The van der Waals surface area contributed by atoms with Crippen molar-refractivity contribution in [1.82, 2.24) is 14.5 Å². The van der Waals surface area contributed by atoms with Crippen molar-refractivity contribution in [2.75, 3.05) is 25.1 Å². The van der Waals surface area contributed by atoms with Gasteiger partial charge in [0.25, 0.3) is 5.56 Å². The van der Waals surface area contributed by atoms with Gasteiger partial charge in [-0.1, -0.05) is 17.7 Å². The van der Waals surface area contributed by atoms with Gasteiger partial charge in [0.1, 0.15) is 5.82 Å². The van der Waals surface area contributed by atoms with Gasteiger partial charge in [0.05, 0.1) is 16.8 Å². The lowest BCUT2D eigenvalue weighted by molar-refractivity contribution is 0.0903. The Kier molecular flexibility index (Phi) is 6.60. The maximum atomic E-state index is 13.9. The summed E-state index contributed by atoms with van der Waals surface area (Å²) in [7, 11) is 0. The molecule has 0 spiro atoms. The molecule has 2 aromatic heterocycles. The van der Waals surface area contributed by atoms with Crippen LogP contribution in [0.3, 0.4) is 0 Å². The first-order valence-corrected chi connectivity index (χ1v) is 10.5. The highest BCUT2D eigenvalue weighted by atomic mass is 35.5. The maximum Gasteiger partial charge on any atom is 0.251 e. The fraction of sp³-hybridized carbons (Fsp3) is 0.318. The summed E-state index contributed by atoms with van der Waals surface area (Å²) in [5.41, 5.74) is 7.51. The molecular formula is C22H23ClFN5O2. The Balaban J connectivity index is 1.59. The fourth-order valence-corrected chi connectivity index (χ4v) is 3.77. The van der Waals surface area contributed by atoms with Gasteiger partial charge in [-0.3, -0.25) is 4.79 Å². The minimum Gasteiger partial charge on any atom is -0.381 e. The maximum absolute atomic E-state index is 13.9. The Morgan fingerprint density at radius 2 is 2.06 bits per heavy atom. The number of ether oxygens (including phenoxy) is 1. The largest absolute Gasteiger partial charge is 0.381 e. The second-order valence-corrected chi connectivity index (χ2v) is 7.79. The molecule has 1 aliphatic heterocycles. The van der Waals surface area contributed by atoms with E-state index in [-0.39, 0.29) is 23.2 Å². The van der Waals surface area contributed by atoms with Crippen molar-refractivity contribution in [2.45, 2.75) is 24.9 Å². The standard InChI is InChI=1S/C22H23ClFN5O2/c23-17-2-1-15(11-18(17)24)20(13-25)29-8-4-14(12-21(29)30)19-3-7-26-22(28-19)27-16-5-9-31-10-6-16/h1-4,7-8,11-12,16,20H,5-6,9-10,13,25H2,(H,26,27,28). The minimum absolute atomic E-state index is 0.0242. The number of rotatable bonds is 6. The Morgan fingerprint density at radius 3 is 2.77 bits per heavy atom. The van der Waals surface area contributed by atoms with Gasteiger partial charge in [-0.25, -0.2) is 14.4 Å². The molecule has 9 heteroatoms. The average molecular weight is 444 g/mol. The second kappa shape index (κ2) is 9.55. The Morgan fingerprint density at radius 1 is 1.26 bits per heavy atom. The van der Waals surface area contributed by atoms with Crippen LogP contribution < -0.4 is 16.6 Å². The molecule has 3 aromatic rings. The molecule has 0 radical (unpaired) electrons. The third-order valence-corrected chi connectivity index (χ3v) is 5.65. The zero-order valence-electron chi connectivity index (χ0n) is 16.8. The lowest BCUT2D eigenvalue weighted by Crippen LogP contribution is -2.30. The van der Waals surface area contributed by atoms with Crippen LogP contribution in [0.2, 0.25) is 5.02 Å². The molecular weight excluding hydrogens is 421 g/mol. The van der Waals surface area contributed by atoms with Gasteiger partial charge >= 0.3 is 0 Å². The van der Waals surface area contributed by atoms with Crippen LogP contribution in [0.1, 0.15) is 24.4 Å². The Bertz CT molecular complexity index is 1120. The molecule has 7 nitrogen and oxygen atoms in total. The highest BCUT2D eigenvalue weighted by molar-refractivity contribution is 6.30. The molecule has 3 N–H and O–H groups in total. The molecule has 1 saturated heterocycles. The molecule has 4 rings (SSSR count). The number of aromatic nitrogens is 3. The highest BCUT2D eigenvalue weighted by Crippen LogP contribution is 2.23. The van der Waals surface area contributed by atoms with Crippen LogP contribution in [0.4, 0.5) is 10.3 Å². The summed E-state index contributed by atoms with van der Waals surface area (Å²) < 4.78 is 20.8. The zero-order chi connectivity index (χ0) is 21.8. The lowest BCUT2D eigenvalue weighted by Gasteiger charge is -2.23. The number of hydrogen-bond acceptors (Lipinski definition) is 6. The van der Waals surface area contributed by atoms with E-state index in [1.165, 1.54) is 22.8 Å². The molecule has 0 amide bonds. The van der Waals surface area contributed by atoms with Crippen molar-refractivity contribution in [1.29, 1.82) is 0 Å². The summed E-state index contributed by atoms with van der Waals surface area (Å²) in [6.45, 7) is 1.57. The smallest absolute Gasteiger partial charge is 0.251 e. The summed E-state index contributed by atoms with van der Waals surface area (Å²) in [4.78, 5) is 21.7. The molecule has 1 unspecified atom stereocenters. The van der Waals surface area contributed by atoms with E-state index in [0.29, 0.717) is 22.8 Å². The third-order valence-electron chi connectivity index (χ3n) is 5.34. The van der Waals surface area contributed by atoms with Gasteiger partial charge in [-0.05, 0) is 42.7 Å². The minimum atomic E-state index is -0.548. The van der Waals surface area contributed by atoms with Crippen molar-refractivity contribution in [3.05, 3.63) is 75.5 Å². The molecule has 0 aliphatic carbocycles. The van der Waals surface area contributed by atoms with E-state index >= 15 is 0 Å².